The molecule has 1 aromatic heterocycles. The van der Waals surface area contributed by atoms with Crippen LogP contribution in [0, 0.1) is 0 Å². The second kappa shape index (κ2) is 7.35. The number of hydrazone groups is 1. The predicted molar refractivity (Wildman–Crippen MR) is 98.6 cm³/mol. The first-order valence-electron chi connectivity index (χ1n) is 7.59. The van der Waals surface area contributed by atoms with Crippen molar-refractivity contribution in [1.29, 1.82) is 0 Å². The molecule has 1 amide bonds. The Labute approximate surface area is 154 Å². The number of aromatic nitrogens is 3. The summed E-state index contributed by atoms with van der Waals surface area (Å²) in [4.78, 5) is 15.9. The summed E-state index contributed by atoms with van der Waals surface area (Å²) < 4.78 is 23.8. The third-order valence-electron chi connectivity index (χ3n) is 3.42. The van der Waals surface area contributed by atoms with Crippen LogP contribution in [0.2, 0.25) is 0 Å². The topological polar surface area (TPSA) is 158 Å². The number of carbonyl (C=O) groups is 1. The molecule has 0 aliphatic rings. The summed E-state index contributed by atoms with van der Waals surface area (Å²) in [6.07, 6.45) is 1.48. The van der Waals surface area contributed by atoms with Crippen LogP contribution in [0.5, 0.6) is 0 Å². The highest BCUT2D eigenvalue weighted by Crippen LogP contribution is 2.14. The molecule has 0 aliphatic heterocycles. The zero-order valence-electron chi connectivity index (χ0n) is 13.9. The molecule has 27 heavy (non-hydrogen) atoms. The SMILES string of the molecule is Nc1nc(C(=O)N/N=C/c2ccccc2)nn1-c1ccc(S(N)(=O)=O)cc1. The molecular weight excluding hydrogens is 370 g/mol. The minimum atomic E-state index is -3.81. The average molecular weight is 385 g/mol. The predicted octanol–water partition coefficient (Wildman–Crippen LogP) is 0.261. The van der Waals surface area contributed by atoms with Gasteiger partial charge >= 0.3 is 5.91 Å². The maximum atomic E-state index is 12.1. The van der Waals surface area contributed by atoms with Crippen LogP contribution in [0.4, 0.5) is 5.95 Å². The second-order valence-corrected chi connectivity index (χ2v) is 6.92. The van der Waals surface area contributed by atoms with Crippen molar-refractivity contribution in [2.45, 2.75) is 4.90 Å². The van der Waals surface area contributed by atoms with Gasteiger partial charge in [-0.2, -0.15) is 14.8 Å². The standard InChI is InChI=1S/C16H15N7O3S/c17-16-20-14(15(24)21-19-10-11-4-2-1-3-5-11)22-23(16)12-6-8-13(9-7-12)27(18,25)26/h1-10H,(H,21,24)(H2,17,20,22)(H2,18,25,26)/b19-10+. The van der Waals surface area contributed by atoms with Crippen molar-refractivity contribution < 1.29 is 13.2 Å². The maximum absolute atomic E-state index is 12.1. The number of carbonyl (C=O) groups excluding carboxylic acids is 1. The van der Waals surface area contributed by atoms with Gasteiger partial charge < -0.3 is 5.73 Å². The number of sulfonamides is 1. The summed E-state index contributed by atoms with van der Waals surface area (Å²) in [6, 6.07) is 14.7. The number of hydrogen-bond acceptors (Lipinski definition) is 7. The Bertz CT molecular complexity index is 1090. The molecule has 0 fully saturated rings. The lowest BCUT2D eigenvalue weighted by Crippen LogP contribution is -2.19. The minimum absolute atomic E-state index is 0.0458. The van der Waals surface area contributed by atoms with E-state index in [0.717, 1.165) is 5.56 Å². The van der Waals surface area contributed by atoms with Gasteiger partial charge in [0.05, 0.1) is 16.8 Å². The number of nitrogens with zero attached hydrogens (tertiary/aromatic N) is 4. The van der Waals surface area contributed by atoms with E-state index in [1.807, 2.05) is 30.3 Å². The van der Waals surface area contributed by atoms with Gasteiger partial charge in [0.2, 0.25) is 21.8 Å². The molecule has 3 rings (SSSR count). The van der Waals surface area contributed by atoms with E-state index in [1.165, 1.54) is 35.2 Å². The number of rotatable bonds is 5. The lowest BCUT2D eigenvalue weighted by molar-refractivity contribution is 0.0945. The third-order valence-corrected chi connectivity index (χ3v) is 4.35. The molecule has 0 saturated heterocycles. The van der Waals surface area contributed by atoms with Crippen LogP contribution in [0.3, 0.4) is 0 Å². The number of benzene rings is 2. The number of nitrogens with two attached hydrogens (primary N) is 2. The summed E-state index contributed by atoms with van der Waals surface area (Å²) in [5.41, 5.74) is 9.32. The Morgan fingerprint density at radius 1 is 1.11 bits per heavy atom. The molecule has 0 radical (unpaired) electrons. The van der Waals surface area contributed by atoms with Gasteiger partial charge in [0.15, 0.2) is 0 Å². The first-order valence-corrected chi connectivity index (χ1v) is 9.13. The Morgan fingerprint density at radius 3 is 2.41 bits per heavy atom. The zero-order valence-corrected chi connectivity index (χ0v) is 14.7. The van der Waals surface area contributed by atoms with E-state index < -0.39 is 15.9 Å². The molecule has 3 aromatic rings. The summed E-state index contributed by atoms with van der Waals surface area (Å²) in [6.45, 7) is 0. The summed E-state index contributed by atoms with van der Waals surface area (Å²) in [7, 11) is -3.81. The summed E-state index contributed by atoms with van der Waals surface area (Å²) in [5.74, 6) is -0.877. The van der Waals surface area contributed by atoms with E-state index in [9.17, 15) is 13.2 Å². The molecule has 5 N–H and O–H groups in total. The number of amides is 1. The fourth-order valence-electron chi connectivity index (χ4n) is 2.14. The smallest absolute Gasteiger partial charge is 0.311 e. The Kier molecular flexibility index (Phi) is 4.96. The van der Waals surface area contributed by atoms with Crippen molar-refractivity contribution in [2.24, 2.45) is 10.2 Å². The number of primary sulfonamides is 1. The highest BCUT2D eigenvalue weighted by molar-refractivity contribution is 7.89. The monoisotopic (exact) mass is 385 g/mol. The Morgan fingerprint density at radius 2 is 1.78 bits per heavy atom. The molecule has 0 bridgehead atoms. The zero-order chi connectivity index (χ0) is 19.4. The quantitative estimate of drug-likeness (QED) is 0.422. The molecular formula is C16H15N7O3S. The van der Waals surface area contributed by atoms with Crippen LogP contribution >= 0.6 is 0 Å². The van der Waals surface area contributed by atoms with Crippen LogP contribution in [0.1, 0.15) is 16.2 Å². The van der Waals surface area contributed by atoms with Gasteiger partial charge in [-0.05, 0) is 29.8 Å². The van der Waals surface area contributed by atoms with E-state index in [-0.39, 0.29) is 16.7 Å². The third kappa shape index (κ3) is 4.34. The first-order chi connectivity index (χ1) is 12.8. The van der Waals surface area contributed by atoms with Crippen molar-refractivity contribution in [3.05, 3.63) is 66.0 Å². The molecule has 138 valence electrons. The Balaban J connectivity index is 1.76. The molecule has 0 unspecified atom stereocenters. The molecule has 10 nitrogen and oxygen atoms in total. The fourth-order valence-corrected chi connectivity index (χ4v) is 2.66. The molecule has 11 heteroatoms. The van der Waals surface area contributed by atoms with Gasteiger partial charge in [-0.1, -0.05) is 30.3 Å². The number of hydrogen-bond donors (Lipinski definition) is 3. The van der Waals surface area contributed by atoms with Crippen molar-refractivity contribution >= 4 is 28.1 Å². The maximum Gasteiger partial charge on any atom is 0.311 e. The highest BCUT2D eigenvalue weighted by Gasteiger charge is 2.16. The summed E-state index contributed by atoms with van der Waals surface area (Å²) in [5, 5.41) is 12.9. The van der Waals surface area contributed by atoms with E-state index in [1.54, 1.807) is 0 Å². The van der Waals surface area contributed by atoms with Crippen LogP contribution < -0.4 is 16.3 Å². The van der Waals surface area contributed by atoms with Gasteiger partial charge in [0.25, 0.3) is 0 Å². The average Bonchev–Trinajstić information content (AvgIpc) is 3.04. The number of nitrogens with one attached hydrogen (secondary N) is 1. The minimum Gasteiger partial charge on any atom is -0.368 e. The van der Waals surface area contributed by atoms with Crippen molar-refractivity contribution in [3.8, 4) is 5.69 Å². The van der Waals surface area contributed by atoms with Crippen molar-refractivity contribution in [1.82, 2.24) is 20.2 Å². The van der Waals surface area contributed by atoms with Crippen LogP contribution in [0.15, 0.2) is 64.6 Å². The van der Waals surface area contributed by atoms with E-state index in [0.29, 0.717) is 5.69 Å². The van der Waals surface area contributed by atoms with Crippen LogP contribution in [-0.4, -0.2) is 35.3 Å². The molecule has 0 atom stereocenters. The fraction of sp³-hybridized carbons (Fsp3) is 0. The summed E-state index contributed by atoms with van der Waals surface area (Å²) >= 11 is 0. The van der Waals surface area contributed by atoms with Gasteiger partial charge in [0, 0.05) is 0 Å². The van der Waals surface area contributed by atoms with Gasteiger partial charge in [-0.3, -0.25) is 4.79 Å². The lowest BCUT2D eigenvalue weighted by Gasteiger charge is -2.03. The molecule has 0 saturated carbocycles. The van der Waals surface area contributed by atoms with Gasteiger partial charge in [-0.15, -0.1) is 5.10 Å². The van der Waals surface area contributed by atoms with Crippen LogP contribution in [-0.2, 0) is 10.0 Å². The number of anilines is 1. The lowest BCUT2D eigenvalue weighted by atomic mass is 10.2. The largest absolute Gasteiger partial charge is 0.368 e. The first kappa shape index (κ1) is 18.2. The molecule has 0 aliphatic carbocycles. The van der Waals surface area contributed by atoms with Gasteiger partial charge in [0.1, 0.15) is 0 Å². The molecule has 1 heterocycles. The van der Waals surface area contributed by atoms with Crippen LogP contribution in [0.25, 0.3) is 5.69 Å². The van der Waals surface area contributed by atoms with E-state index in [4.69, 9.17) is 10.9 Å². The van der Waals surface area contributed by atoms with E-state index >= 15 is 0 Å². The number of nitrogen functional groups attached to an aromatic ring is 1. The van der Waals surface area contributed by atoms with Crippen molar-refractivity contribution in [2.75, 3.05) is 5.73 Å². The van der Waals surface area contributed by atoms with Gasteiger partial charge in [-0.25, -0.2) is 19.0 Å². The second-order valence-electron chi connectivity index (χ2n) is 5.35. The Hall–Kier alpha value is -3.57. The van der Waals surface area contributed by atoms with Crippen molar-refractivity contribution in [3.63, 3.8) is 0 Å². The van der Waals surface area contributed by atoms with E-state index in [2.05, 4.69) is 20.6 Å². The molecule has 0 spiro atoms. The highest BCUT2D eigenvalue weighted by atomic mass is 32.2. The molecule has 2 aromatic carbocycles. The normalized spacial score (nSPS) is 11.6.